The van der Waals surface area contributed by atoms with Crippen LogP contribution in [0.25, 0.3) is 0 Å². The van der Waals surface area contributed by atoms with Crippen LogP contribution in [0.4, 0.5) is 13.2 Å². The Morgan fingerprint density at radius 3 is 2.68 bits per heavy atom. The average Bonchev–Trinajstić information content (AvgIpc) is 2.55. The van der Waals surface area contributed by atoms with Gasteiger partial charge in [0.2, 0.25) is 5.88 Å². The Hall–Kier alpha value is -0.620. The molecular formula is C14H19ClF3IN4OS. The van der Waals surface area contributed by atoms with E-state index in [0.717, 1.165) is 30.7 Å². The van der Waals surface area contributed by atoms with Crippen molar-refractivity contribution >= 4 is 53.3 Å². The van der Waals surface area contributed by atoms with Gasteiger partial charge in [-0.3, -0.25) is 4.99 Å². The molecule has 25 heavy (non-hydrogen) atoms. The van der Waals surface area contributed by atoms with Gasteiger partial charge in [-0.15, -0.1) is 24.0 Å². The van der Waals surface area contributed by atoms with Crippen molar-refractivity contribution in [3.05, 3.63) is 22.8 Å². The van der Waals surface area contributed by atoms with Crippen molar-refractivity contribution in [3.8, 4) is 5.88 Å². The molecule has 0 bridgehead atoms. The van der Waals surface area contributed by atoms with Gasteiger partial charge in [0.1, 0.15) is 5.02 Å². The predicted molar refractivity (Wildman–Crippen MR) is 105 cm³/mol. The summed E-state index contributed by atoms with van der Waals surface area (Å²) < 4.78 is 42.8. The van der Waals surface area contributed by atoms with Crippen molar-refractivity contribution in [1.82, 2.24) is 9.88 Å². The third kappa shape index (κ3) is 7.26. The number of nitrogens with two attached hydrogens (primary N) is 1. The zero-order valence-electron chi connectivity index (χ0n) is 13.3. The van der Waals surface area contributed by atoms with Gasteiger partial charge >= 0.3 is 6.18 Å². The second-order valence-electron chi connectivity index (χ2n) is 5.05. The number of alkyl halides is 3. The highest BCUT2D eigenvalue weighted by Crippen LogP contribution is 2.33. The van der Waals surface area contributed by atoms with E-state index in [4.69, 9.17) is 22.1 Å². The predicted octanol–water partition coefficient (Wildman–Crippen LogP) is 3.50. The summed E-state index contributed by atoms with van der Waals surface area (Å²) in [6.07, 6.45) is -3.22. The Morgan fingerprint density at radius 2 is 2.08 bits per heavy atom. The zero-order chi connectivity index (χ0) is 17.6. The summed E-state index contributed by atoms with van der Waals surface area (Å²) in [7, 11) is 0. The monoisotopic (exact) mass is 510 g/mol. The molecule has 0 unspecified atom stereocenters. The second kappa shape index (κ2) is 10.5. The summed E-state index contributed by atoms with van der Waals surface area (Å²) in [6, 6.07) is 0.800. The number of aliphatic imine (C=N–C) groups is 1. The van der Waals surface area contributed by atoms with E-state index in [-0.39, 0.29) is 41.5 Å². The number of hydrogen-bond acceptors (Lipinski definition) is 4. The molecule has 0 aromatic carbocycles. The number of hydrogen-bond donors (Lipinski definition) is 1. The van der Waals surface area contributed by atoms with Crippen molar-refractivity contribution in [2.45, 2.75) is 12.6 Å². The average molecular weight is 511 g/mol. The number of ether oxygens (including phenoxy) is 1. The van der Waals surface area contributed by atoms with E-state index >= 15 is 0 Å². The van der Waals surface area contributed by atoms with Gasteiger partial charge < -0.3 is 15.4 Å². The third-order valence-corrected chi connectivity index (χ3v) is 4.50. The Labute approximate surface area is 170 Å². The van der Waals surface area contributed by atoms with Crippen LogP contribution in [-0.4, -0.2) is 53.6 Å². The Kier molecular flexibility index (Phi) is 9.43. The summed E-state index contributed by atoms with van der Waals surface area (Å²) in [6.45, 7) is 2.49. The first-order chi connectivity index (χ1) is 11.4. The maximum absolute atomic E-state index is 12.5. The highest BCUT2D eigenvalue weighted by Gasteiger charge is 2.31. The van der Waals surface area contributed by atoms with Gasteiger partial charge in [-0.1, -0.05) is 11.6 Å². The van der Waals surface area contributed by atoms with Crippen molar-refractivity contribution in [2.24, 2.45) is 10.7 Å². The van der Waals surface area contributed by atoms with Gasteiger partial charge in [0.25, 0.3) is 0 Å². The lowest BCUT2D eigenvalue weighted by atomic mass is 10.3. The molecule has 0 spiro atoms. The second-order valence-corrected chi connectivity index (χ2v) is 6.68. The largest absolute Gasteiger partial charge is 0.477 e. The molecule has 1 aromatic rings. The Morgan fingerprint density at radius 1 is 1.40 bits per heavy atom. The molecule has 2 heterocycles. The van der Waals surface area contributed by atoms with Crippen LogP contribution in [0.1, 0.15) is 12.0 Å². The number of guanidine groups is 1. The normalized spacial score (nSPS) is 15.7. The van der Waals surface area contributed by atoms with Crippen molar-refractivity contribution in [2.75, 3.05) is 37.7 Å². The fourth-order valence-electron chi connectivity index (χ4n) is 2.01. The minimum Gasteiger partial charge on any atom is -0.477 e. The van der Waals surface area contributed by atoms with Gasteiger partial charge in [0, 0.05) is 43.8 Å². The van der Waals surface area contributed by atoms with Crippen molar-refractivity contribution < 1.29 is 17.9 Å². The zero-order valence-corrected chi connectivity index (χ0v) is 17.2. The lowest BCUT2D eigenvalue weighted by molar-refractivity contribution is -0.137. The molecule has 5 nitrogen and oxygen atoms in total. The van der Waals surface area contributed by atoms with Gasteiger partial charge in [-0.2, -0.15) is 24.9 Å². The number of thioether (sulfide) groups is 1. The van der Waals surface area contributed by atoms with Crippen LogP contribution in [0, 0.1) is 0 Å². The SMILES string of the molecule is I.NC(=NCCCOc1ncc(C(F)(F)F)cc1Cl)N1CCSCC1. The number of nitrogens with zero attached hydrogens (tertiary/aromatic N) is 3. The molecule has 142 valence electrons. The molecule has 0 aliphatic carbocycles. The van der Waals surface area contributed by atoms with E-state index in [1.54, 1.807) is 0 Å². The molecule has 0 atom stereocenters. The molecule has 2 N–H and O–H groups in total. The molecule has 11 heteroatoms. The summed E-state index contributed by atoms with van der Waals surface area (Å²) in [5, 5.41) is -0.168. The smallest absolute Gasteiger partial charge is 0.417 e. The maximum Gasteiger partial charge on any atom is 0.417 e. The fourth-order valence-corrected chi connectivity index (χ4v) is 3.13. The first-order valence-corrected chi connectivity index (χ1v) is 8.89. The molecule has 0 radical (unpaired) electrons. The summed E-state index contributed by atoms with van der Waals surface area (Å²) in [4.78, 5) is 9.92. The fraction of sp³-hybridized carbons (Fsp3) is 0.571. The van der Waals surface area contributed by atoms with Gasteiger partial charge in [0.05, 0.1) is 12.2 Å². The molecular weight excluding hydrogens is 492 g/mol. The standard InChI is InChI=1S/C14H18ClF3N4OS.HI/c15-11-8-10(14(16,17)18)9-21-12(11)23-5-1-2-20-13(19)22-3-6-24-7-4-22;/h8-9H,1-7H2,(H2,19,20);1H. The summed E-state index contributed by atoms with van der Waals surface area (Å²) >= 11 is 7.64. The van der Waals surface area contributed by atoms with E-state index in [0.29, 0.717) is 25.1 Å². The number of halogens is 5. The lowest BCUT2D eigenvalue weighted by Crippen LogP contribution is -2.42. The van der Waals surface area contributed by atoms with Gasteiger partial charge in [-0.05, 0) is 6.07 Å². The summed E-state index contributed by atoms with van der Waals surface area (Å²) in [5.74, 6) is 2.57. The van der Waals surface area contributed by atoms with E-state index in [1.807, 2.05) is 16.7 Å². The molecule has 1 aliphatic heterocycles. The molecule has 0 amide bonds. The van der Waals surface area contributed by atoms with E-state index in [2.05, 4.69) is 9.98 Å². The molecule has 2 rings (SSSR count). The summed E-state index contributed by atoms with van der Waals surface area (Å²) in [5.41, 5.74) is 5.00. The maximum atomic E-state index is 12.5. The van der Waals surface area contributed by atoms with Gasteiger partial charge in [0.15, 0.2) is 5.96 Å². The highest BCUT2D eigenvalue weighted by molar-refractivity contribution is 14.0. The van der Waals surface area contributed by atoms with Crippen LogP contribution in [-0.2, 0) is 6.18 Å². The molecule has 0 saturated carbocycles. The Balaban J connectivity index is 0.00000312. The minimum absolute atomic E-state index is 0. The van der Waals surface area contributed by atoms with Crippen molar-refractivity contribution in [3.63, 3.8) is 0 Å². The third-order valence-electron chi connectivity index (χ3n) is 3.28. The van der Waals surface area contributed by atoms with Crippen molar-refractivity contribution in [1.29, 1.82) is 0 Å². The molecule has 1 aromatic heterocycles. The lowest BCUT2D eigenvalue weighted by Gasteiger charge is -2.27. The first-order valence-electron chi connectivity index (χ1n) is 7.36. The first kappa shape index (κ1) is 22.4. The number of rotatable bonds is 5. The van der Waals surface area contributed by atoms with Gasteiger partial charge in [-0.25, -0.2) is 4.98 Å². The number of pyridine rings is 1. The van der Waals surface area contributed by atoms with Crippen LogP contribution in [0.2, 0.25) is 5.02 Å². The highest BCUT2D eigenvalue weighted by atomic mass is 127. The van der Waals surface area contributed by atoms with Crippen LogP contribution >= 0.6 is 47.3 Å². The Bertz CT molecular complexity index is 586. The van der Waals surface area contributed by atoms with E-state index in [9.17, 15) is 13.2 Å². The topological polar surface area (TPSA) is 63.7 Å². The van der Waals surface area contributed by atoms with Crippen LogP contribution in [0.15, 0.2) is 17.3 Å². The van der Waals surface area contributed by atoms with E-state index < -0.39 is 11.7 Å². The number of aromatic nitrogens is 1. The van der Waals surface area contributed by atoms with E-state index in [1.165, 1.54) is 0 Å². The van der Waals surface area contributed by atoms with Crippen LogP contribution in [0.5, 0.6) is 5.88 Å². The molecule has 1 fully saturated rings. The molecule has 1 aliphatic rings. The van der Waals surface area contributed by atoms with Crippen LogP contribution in [0.3, 0.4) is 0 Å². The minimum atomic E-state index is -4.48. The quantitative estimate of drug-likeness (QED) is 0.284. The molecule has 1 saturated heterocycles. The van der Waals surface area contributed by atoms with Crippen LogP contribution < -0.4 is 10.5 Å².